The minimum atomic E-state index is -0.399. The van der Waals surface area contributed by atoms with Crippen LogP contribution in [0.4, 0.5) is 5.69 Å². The molecular formula is C14H14N2O2. The van der Waals surface area contributed by atoms with Gasteiger partial charge in [0.05, 0.1) is 6.54 Å². The Morgan fingerprint density at radius 1 is 1.06 bits per heavy atom. The summed E-state index contributed by atoms with van der Waals surface area (Å²) in [4.78, 5) is 10.7. The average molecular weight is 242 g/mol. The van der Waals surface area contributed by atoms with Crippen molar-refractivity contribution in [3.63, 3.8) is 0 Å². The van der Waals surface area contributed by atoms with Crippen LogP contribution in [0.1, 0.15) is 0 Å². The van der Waals surface area contributed by atoms with Gasteiger partial charge in [0.1, 0.15) is 11.5 Å². The van der Waals surface area contributed by atoms with Crippen molar-refractivity contribution in [1.82, 2.24) is 0 Å². The number of rotatable bonds is 5. The molecule has 18 heavy (non-hydrogen) atoms. The molecule has 0 aromatic heterocycles. The van der Waals surface area contributed by atoms with Crippen LogP contribution in [0.25, 0.3) is 0 Å². The lowest BCUT2D eigenvalue weighted by atomic mass is 10.3. The van der Waals surface area contributed by atoms with Gasteiger partial charge in [0.25, 0.3) is 0 Å². The van der Waals surface area contributed by atoms with Gasteiger partial charge >= 0.3 is 0 Å². The summed E-state index contributed by atoms with van der Waals surface area (Å²) >= 11 is 0. The number of carbonyl (C=O) groups excluding carboxylic acids is 1. The van der Waals surface area contributed by atoms with Crippen molar-refractivity contribution in [3.05, 3.63) is 54.6 Å². The number of hydrogen-bond donors (Lipinski definition) is 2. The topological polar surface area (TPSA) is 64.4 Å². The van der Waals surface area contributed by atoms with Gasteiger partial charge in [-0.25, -0.2) is 0 Å². The Bertz CT molecular complexity index is 526. The Morgan fingerprint density at radius 2 is 1.78 bits per heavy atom. The van der Waals surface area contributed by atoms with E-state index >= 15 is 0 Å². The maximum absolute atomic E-state index is 10.7. The molecule has 4 nitrogen and oxygen atoms in total. The number of amides is 1. The van der Waals surface area contributed by atoms with Gasteiger partial charge in [-0.3, -0.25) is 4.79 Å². The summed E-state index contributed by atoms with van der Waals surface area (Å²) in [6.45, 7) is 0.106. The summed E-state index contributed by atoms with van der Waals surface area (Å²) in [5.74, 6) is 1.07. The Labute approximate surface area is 105 Å². The van der Waals surface area contributed by atoms with E-state index in [-0.39, 0.29) is 6.54 Å². The monoisotopic (exact) mass is 242 g/mol. The third-order valence-electron chi connectivity index (χ3n) is 2.28. The van der Waals surface area contributed by atoms with E-state index in [1.807, 2.05) is 54.6 Å². The lowest BCUT2D eigenvalue weighted by Crippen LogP contribution is -2.21. The molecule has 0 saturated carbocycles. The highest BCUT2D eigenvalue weighted by molar-refractivity contribution is 5.78. The number of primary amides is 1. The summed E-state index contributed by atoms with van der Waals surface area (Å²) in [6.07, 6.45) is 0. The van der Waals surface area contributed by atoms with Gasteiger partial charge in [0.15, 0.2) is 0 Å². The highest BCUT2D eigenvalue weighted by Gasteiger charge is 1.99. The second-order valence-corrected chi connectivity index (χ2v) is 3.76. The summed E-state index contributed by atoms with van der Waals surface area (Å²) in [5, 5.41) is 2.92. The summed E-state index contributed by atoms with van der Waals surface area (Å²) in [6, 6.07) is 16.9. The number of anilines is 1. The molecule has 2 aromatic rings. The van der Waals surface area contributed by atoms with Gasteiger partial charge in [0.2, 0.25) is 5.91 Å². The quantitative estimate of drug-likeness (QED) is 0.846. The highest BCUT2D eigenvalue weighted by atomic mass is 16.5. The van der Waals surface area contributed by atoms with Crippen molar-refractivity contribution in [1.29, 1.82) is 0 Å². The standard InChI is InChI=1S/C14H14N2O2/c15-14(17)10-16-11-5-4-8-13(9-11)18-12-6-2-1-3-7-12/h1-9,16H,10H2,(H2,15,17). The molecule has 0 spiro atoms. The van der Waals surface area contributed by atoms with Crippen LogP contribution in [0.3, 0.4) is 0 Å². The van der Waals surface area contributed by atoms with E-state index in [1.54, 1.807) is 0 Å². The van der Waals surface area contributed by atoms with Gasteiger partial charge in [0, 0.05) is 11.8 Å². The molecule has 4 heteroatoms. The first-order valence-corrected chi connectivity index (χ1v) is 5.59. The van der Waals surface area contributed by atoms with Crippen molar-refractivity contribution in [2.75, 3.05) is 11.9 Å². The second kappa shape index (κ2) is 5.72. The Balaban J connectivity index is 2.05. The zero-order valence-corrected chi connectivity index (χ0v) is 9.80. The fourth-order valence-electron chi connectivity index (χ4n) is 1.48. The number of hydrogen-bond acceptors (Lipinski definition) is 3. The number of nitrogens with two attached hydrogens (primary N) is 1. The molecule has 0 radical (unpaired) electrons. The molecule has 92 valence electrons. The molecular weight excluding hydrogens is 228 g/mol. The van der Waals surface area contributed by atoms with Crippen molar-refractivity contribution in [2.24, 2.45) is 5.73 Å². The summed E-state index contributed by atoms with van der Waals surface area (Å²) < 4.78 is 5.67. The fraction of sp³-hybridized carbons (Fsp3) is 0.0714. The number of benzene rings is 2. The van der Waals surface area contributed by atoms with Crippen LogP contribution >= 0.6 is 0 Å². The number of nitrogens with one attached hydrogen (secondary N) is 1. The Kier molecular flexibility index (Phi) is 3.81. The van der Waals surface area contributed by atoms with E-state index in [0.29, 0.717) is 5.75 Å². The van der Waals surface area contributed by atoms with Crippen molar-refractivity contribution in [3.8, 4) is 11.5 Å². The first-order chi connectivity index (χ1) is 8.74. The third kappa shape index (κ3) is 3.52. The van der Waals surface area contributed by atoms with Crippen LogP contribution in [-0.2, 0) is 4.79 Å². The smallest absolute Gasteiger partial charge is 0.236 e. The molecule has 2 rings (SSSR count). The van der Waals surface area contributed by atoms with Crippen LogP contribution in [0.2, 0.25) is 0 Å². The van der Waals surface area contributed by atoms with Crippen molar-refractivity contribution < 1.29 is 9.53 Å². The normalized spacial score (nSPS) is 9.78. The molecule has 3 N–H and O–H groups in total. The molecule has 1 amide bonds. The maximum Gasteiger partial charge on any atom is 0.236 e. The molecule has 0 fully saturated rings. The molecule has 0 aliphatic rings. The van der Waals surface area contributed by atoms with E-state index in [9.17, 15) is 4.79 Å². The zero-order chi connectivity index (χ0) is 12.8. The first kappa shape index (κ1) is 12.0. The SMILES string of the molecule is NC(=O)CNc1cccc(Oc2ccccc2)c1. The van der Waals surface area contributed by atoms with Crippen LogP contribution in [0.5, 0.6) is 11.5 Å². The predicted molar refractivity (Wildman–Crippen MR) is 70.6 cm³/mol. The highest BCUT2D eigenvalue weighted by Crippen LogP contribution is 2.23. The number of carbonyl (C=O) groups is 1. The van der Waals surface area contributed by atoms with E-state index in [4.69, 9.17) is 10.5 Å². The molecule has 0 heterocycles. The van der Waals surface area contributed by atoms with E-state index in [1.165, 1.54) is 0 Å². The summed E-state index contributed by atoms with van der Waals surface area (Å²) in [5.41, 5.74) is 5.86. The molecule has 2 aromatic carbocycles. The van der Waals surface area contributed by atoms with Gasteiger partial charge in [-0.2, -0.15) is 0 Å². The molecule has 0 aliphatic heterocycles. The van der Waals surface area contributed by atoms with Crippen LogP contribution in [0, 0.1) is 0 Å². The zero-order valence-electron chi connectivity index (χ0n) is 9.80. The van der Waals surface area contributed by atoms with Crippen molar-refractivity contribution >= 4 is 11.6 Å². The van der Waals surface area contributed by atoms with Crippen LogP contribution in [-0.4, -0.2) is 12.5 Å². The van der Waals surface area contributed by atoms with E-state index in [2.05, 4.69) is 5.32 Å². The first-order valence-electron chi connectivity index (χ1n) is 5.59. The molecule has 0 bridgehead atoms. The Morgan fingerprint density at radius 3 is 2.50 bits per heavy atom. The number of para-hydroxylation sites is 1. The molecule has 0 atom stereocenters. The van der Waals surface area contributed by atoms with Gasteiger partial charge in [-0.15, -0.1) is 0 Å². The van der Waals surface area contributed by atoms with Gasteiger partial charge in [-0.1, -0.05) is 24.3 Å². The molecule has 0 unspecified atom stereocenters. The summed E-state index contributed by atoms with van der Waals surface area (Å²) in [7, 11) is 0. The van der Waals surface area contributed by atoms with E-state index < -0.39 is 5.91 Å². The average Bonchev–Trinajstić information content (AvgIpc) is 2.38. The Hall–Kier alpha value is -2.49. The largest absolute Gasteiger partial charge is 0.457 e. The van der Waals surface area contributed by atoms with Crippen molar-refractivity contribution in [2.45, 2.75) is 0 Å². The van der Waals surface area contributed by atoms with Crippen LogP contribution < -0.4 is 15.8 Å². The molecule has 0 saturated heterocycles. The fourth-order valence-corrected chi connectivity index (χ4v) is 1.48. The lowest BCUT2D eigenvalue weighted by molar-refractivity contribution is -0.116. The van der Waals surface area contributed by atoms with E-state index in [0.717, 1.165) is 11.4 Å². The minimum Gasteiger partial charge on any atom is -0.457 e. The minimum absolute atomic E-state index is 0.106. The predicted octanol–water partition coefficient (Wildman–Crippen LogP) is 2.38. The maximum atomic E-state index is 10.7. The number of ether oxygens (including phenoxy) is 1. The molecule has 0 aliphatic carbocycles. The van der Waals surface area contributed by atoms with Crippen LogP contribution in [0.15, 0.2) is 54.6 Å². The second-order valence-electron chi connectivity index (χ2n) is 3.76. The lowest BCUT2D eigenvalue weighted by Gasteiger charge is -2.08. The van der Waals surface area contributed by atoms with Gasteiger partial charge in [-0.05, 0) is 24.3 Å². The van der Waals surface area contributed by atoms with Gasteiger partial charge < -0.3 is 15.8 Å². The third-order valence-corrected chi connectivity index (χ3v) is 2.28.